The molecule has 2 aromatic carbocycles. The third-order valence-electron chi connectivity index (χ3n) is 5.82. The average molecular weight is 395 g/mol. The fourth-order valence-corrected chi connectivity index (χ4v) is 3.99. The molecule has 0 saturated carbocycles. The molecule has 1 atom stereocenters. The molecule has 1 aromatic heterocycles. The van der Waals surface area contributed by atoms with Crippen molar-refractivity contribution in [2.75, 3.05) is 25.5 Å². The van der Waals surface area contributed by atoms with Crippen molar-refractivity contribution in [2.45, 2.75) is 25.8 Å². The van der Waals surface area contributed by atoms with Gasteiger partial charge in [0.15, 0.2) is 0 Å². The molecule has 7 nitrogen and oxygen atoms in total. The molecular formula is C22H25N3O4. The van der Waals surface area contributed by atoms with Crippen LogP contribution in [0.1, 0.15) is 19.8 Å². The Bertz CT molecular complexity index is 1070. The minimum atomic E-state index is -0.333. The summed E-state index contributed by atoms with van der Waals surface area (Å²) in [6.07, 6.45) is 1.36. The number of carbonyl (C=O) groups excluding carboxylic acids is 2. The zero-order valence-corrected chi connectivity index (χ0v) is 16.6. The first-order chi connectivity index (χ1) is 14.0. The van der Waals surface area contributed by atoms with E-state index in [1.165, 1.54) is 0 Å². The van der Waals surface area contributed by atoms with Crippen LogP contribution in [0.3, 0.4) is 0 Å². The number of para-hydroxylation sites is 1. The van der Waals surface area contributed by atoms with Crippen molar-refractivity contribution in [3.05, 3.63) is 36.4 Å². The molecule has 7 heteroatoms. The van der Waals surface area contributed by atoms with Crippen LogP contribution in [0.4, 0.5) is 5.69 Å². The lowest BCUT2D eigenvalue weighted by Gasteiger charge is -2.34. The first-order valence-corrected chi connectivity index (χ1v) is 9.81. The molecule has 0 bridgehead atoms. The maximum Gasteiger partial charge on any atom is 0.241 e. The van der Waals surface area contributed by atoms with Crippen LogP contribution in [0.25, 0.3) is 21.9 Å². The van der Waals surface area contributed by atoms with E-state index in [4.69, 9.17) is 14.9 Å². The maximum atomic E-state index is 12.9. The Labute approximate surface area is 168 Å². The molecule has 1 aliphatic rings. The van der Waals surface area contributed by atoms with Crippen LogP contribution in [0.15, 0.2) is 40.8 Å². The highest BCUT2D eigenvalue weighted by Crippen LogP contribution is 2.36. The fourth-order valence-electron chi connectivity index (χ4n) is 3.99. The predicted octanol–water partition coefficient (Wildman–Crippen LogP) is 3.12. The number of hydrogen-bond donors (Lipinski definition) is 2. The van der Waals surface area contributed by atoms with Gasteiger partial charge in [0.05, 0.1) is 18.8 Å². The number of nitrogens with one attached hydrogen (secondary N) is 1. The van der Waals surface area contributed by atoms with Gasteiger partial charge in [0, 0.05) is 22.8 Å². The molecule has 1 fully saturated rings. The number of likely N-dealkylation sites (tertiary alicyclic amines) is 1. The third kappa shape index (κ3) is 3.65. The molecule has 4 rings (SSSR count). The number of anilines is 1. The molecule has 2 amide bonds. The Balaban J connectivity index is 1.54. The summed E-state index contributed by atoms with van der Waals surface area (Å²) < 4.78 is 11.4. The van der Waals surface area contributed by atoms with Crippen molar-refractivity contribution in [3.8, 4) is 5.75 Å². The number of primary amides is 1. The molecule has 0 spiro atoms. The van der Waals surface area contributed by atoms with Gasteiger partial charge in [-0.05, 0) is 45.0 Å². The van der Waals surface area contributed by atoms with Crippen LogP contribution < -0.4 is 15.8 Å². The van der Waals surface area contributed by atoms with Gasteiger partial charge in [0.2, 0.25) is 11.8 Å². The van der Waals surface area contributed by atoms with E-state index in [0.717, 1.165) is 16.4 Å². The van der Waals surface area contributed by atoms with E-state index >= 15 is 0 Å². The summed E-state index contributed by atoms with van der Waals surface area (Å²) in [6.45, 7) is 3.20. The Morgan fingerprint density at radius 3 is 2.59 bits per heavy atom. The highest BCUT2D eigenvalue weighted by Gasteiger charge is 2.29. The molecule has 1 aliphatic heterocycles. The summed E-state index contributed by atoms with van der Waals surface area (Å²) in [5.41, 5.74) is 7.45. The van der Waals surface area contributed by atoms with E-state index in [1.807, 2.05) is 37.3 Å². The second-order valence-electron chi connectivity index (χ2n) is 7.52. The van der Waals surface area contributed by atoms with Gasteiger partial charge < -0.3 is 20.2 Å². The van der Waals surface area contributed by atoms with E-state index in [0.29, 0.717) is 43.0 Å². The number of hydrogen-bond acceptors (Lipinski definition) is 5. The molecule has 29 heavy (non-hydrogen) atoms. The number of ether oxygens (including phenoxy) is 1. The van der Waals surface area contributed by atoms with E-state index in [1.54, 1.807) is 13.2 Å². The van der Waals surface area contributed by atoms with Gasteiger partial charge in [-0.15, -0.1) is 0 Å². The first kappa shape index (κ1) is 19.3. The van der Waals surface area contributed by atoms with Crippen LogP contribution in [-0.4, -0.2) is 43.0 Å². The Morgan fingerprint density at radius 2 is 1.90 bits per heavy atom. The van der Waals surface area contributed by atoms with E-state index in [2.05, 4.69) is 10.2 Å². The van der Waals surface area contributed by atoms with Crippen molar-refractivity contribution >= 4 is 39.4 Å². The molecule has 1 saturated heterocycles. The monoisotopic (exact) mass is 395 g/mol. The second-order valence-corrected chi connectivity index (χ2v) is 7.52. The van der Waals surface area contributed by atoms with Gasteiger partial charge in [0.25, 0.3) is 0 Å². The second kappa shape index (κ2) is 7.75. The van der Waals surface area contributed by atoms with Crippen molar-refractivity contribution in [1.29, 1.82) is 0 Å². The van der Waals surface area contributed by atoms with Crippen LogP contribution in [0, 0.1) is 5.92 Å². The molecule has 0 aliphatic carbocycles. The molecule has 3 N–H and O–H groups in total. The van der Waals surface area contributed by atoms with Gasteiger partial charge >= 0.3 is 0 Å². The maximum absolute atomic E-state index is 12.9. The summed E-state index contributed by atoms with van der Waals surface area (Å²) in [5.74, 6) is 0.0936. The molecule has 2 heterocycles. The third-order valence-corrected chi connectivity index (χ3v) is 5.82. The van der Waals surface area contributed by atoms with Gasteiger partial charge in [-0.25, -0.2) is 0 Å². The lowest BCUT2D eigenvalue weighted by molar-refractivity contribution is -0.124. The van der Waals surface area contributed by atoms with Gasteiger partial charge in [-0.3, -0.25) is 14.5 Å². The van der Waals surface area contributed by atoms with E-state index in [-0.39, 0.29) is 23.8 Å². The van der Waals surface area contributed by atoms with E-state index < -0.39 is 0 Å². The summed E-state index contributed by atoms with van der Waals surface area (Å²) in [5, 5.41) is 4.92. The Hall–Kier alpha value is -3.06. The highest BCUT2D eigenvalue weighted by molar-refractivity contribution is 6.08. The van der Waals surface area contributed by atoms with Gasteiger partial charge in [-0.1, -0.05) is 18.2 Å². The van der Waals surface area contributed by atoms with Crippen molar-refractivity contribution in [1.82, 2.24) is 4.90 Å². The van der Waals surface area contributed by atoms with Crippen molar-refractivity contribution < 1.29 is 18.7 Å². The van der Waals surface area contributed by atoms with Crippen LogP contribution in [0.2, 0.25) is 0 Å². The molecule has 3 aromatic rings. The minimum absolute atomic E-state index is 0.0999. The smallest absolute Gasteiger partial charge is 0.241 e. The molecule has 152 valence electrons. The number of methoxy groups -OCH3 is 1. The number of benzene rings is 2. The summed E-state index contributed by atoms with van der Waals surface area (Å²) >= 11 is 0. The topological polar surface area (TPSA) is 97.8 Å². The Kier molecular flexibility index (Phi) is 5.15. The van der Waals surface area contributed by atoms with Gasteiger partial charge in [-0.2, -0.15) is 0 Å². The summed E-state index contributed by atoms with van der Waals surface area (Å²) in [4.78, 5) is 26.3. The number of rotatable bonds is 5. The number of nitrogens with zero attached hydrogens (tertiary/aromatic N) is 1. The molecule has 0 radical (unpaired) electrons. The summed E-state index contributed by atoms with van der Waals surface area (Å²) in [7, 11) is 1.58. The van der Waals surface area contributed by atoms with Crippen LogP contribution in [0.5, 0.6) is 5.75 Å². The SMILES string of the molecule is COc1cc2c(cc1NC(=O)[C@@H](C)N1CCC(C(N)=O)CC1)oc1ccccc12. The Morgan fingerprint density at radius 1 is 1.17 bits per heavy atom. The number of piperidine rings is 1. The highest BCUT2D eigenvalue weighted by atomic mass is 16.5. The minimum Gasteiger partial charge on any atom is -0.495 e. The first-order valence-electron chi connectivity index (χ1n) is 9.81. The number of fused-ring (bicyclic) bond motifs is 3. The predicted molar refractivity (Wildman–Crippen MR) is 112 cm³/mol. The zero-order chi connectivity index (χ0) is 20.5. The van der Waals surface area contributed by atoms with Gasteiger partial charge in [0.1, 0.15) is 16.9 Å². The van der Waals surface area contributed by atoms with Crippen molar-refractivity contribution in [3.63, 3.8) is 0 Å². The lowest BCUT2D eigenvalue weighted by atomic mass is 9.95. The van der Waals surface area contributed by atoms with Crippen LogP contribution >= 0.6 is 0 Å². The van der Waals surface area contributed by atoms with Crippen molar-refractivity contribution in [2.24, 2.45) is 11.7 Å². The van der Waals surface area contributed by atoms with E-state index in [9.17, 15) is 9.59 Å². The molecular weight excluding hydrogens is 370 g/mol. The quantitative estimate of drug-likeness (QED) is 0.692. The number of amides is 2. The zero-order valence-electron chi connectivity index (χ0n) is 16.6. The molecule has 0 unspecified atom stereocenters. The number of furan rings is 1. The normalized spacial score (nSPS) is 16.8. The lowest BCUT2D eigenvalue weighted by Crippen LogP contribution is -2.47. The summed E-state index contributed by atoms with van der Waals surface area (Å²) in [6, 6.07) is 11.2. The largest absolute Gasteiger partial charge is 0.495 e. The fraction of sp³-hybridized carbons (Fsp3) is 0.364. The van der Waals surface area contributed by atoms with Crippen LogP contribution in [-0.2, 0) is 9.59 Å². The standard InChI is InChI=1S/C22H25N3O4/c1-13(25-9-7-14(8-10-25)21(23)26)22(27)24-17-12-19-16(11-20(17)28-2)15-5-3-4-6-18(15)29-19/h3-6,11-14H,7-10H2,1-2H3,(H2,23,26)(H,24,27)/t13-/m1/s1. The number of nitrogens with two attached hydrogens (primary N) is 1. The average Bonchev–Trinajstić information content (AvgIpc) is 3.09. The number of carbonyl (C=O) groups is 2.